The Kier molecular flexibility index (Phi) is 6.34. The maximum absolute atomic E-state index is 11.6. The first-order valence-corrected chi connectivity index (χ1v) is 8.14. The van der Waals surface area contributed by atoms with E-state index < -0.39 is 11.9 Å². The van der Waals surface area contributed by atoms with E-state index in [0.717, 1.165) is 25.7 Å². The third-order valence-electron chi connectivity index (χ3n) is 4.59. The predicted molar refractivity (Wildman–Crippen MR) is 74.6 cm³/mol. The molecule has 2 aliphatic rings. The van der Waals surface area contributed by atoms with E-state index in [1.54, 1.807) is 0 Å². The molecular formula is C16H26O4. The van der Waals surface area contributed by atoms with Crippen LogP contribution in [-0.4, -0.2) is 11.9 Å². The van der Waals surface area contributed by atoms with Crippen molar-refractivity contribution in [3.63, 3.8) is 0 Å². The van der Waals surface area contributed by atoms with Gasteiger partial charge in [-0.2, -0.15) is 0 Å². The molecule has 2 aliphatic carbocycles. The minimum Gasteiger partial charge on any atom is -0.247 e. The van der Waals surface area contributed by atoms with Crippen LogP contribution in [0, 0.1) is 11.8 Å². The summed E-state index contributed by atoms with van der Waals surface area (Å²) in [5.41, 5.74) is 0. The van der Waals surface area contributed by atoms with Gasteiger partial charge in [0.25, 0.3) is 0 Å². The molecule has 0 unspecified atom stereocenters. The van der Waals surface area contributed by atoms with Gasteiger partial charge < -0.3 is 0 Å². The zero-order valence-corrected chi connectivity index (χ0v) is 12.3. The van der Waals surface area contributed by atoms with Crippen LogP contribution in [0.4, 0.5) is 0 Å². The molecule has 0 N–H and O–H groups in total. The van der Waals surface area contributed by atoms with Crippen LogP contribution < -0.4 is 0 Å². The van der Waals surface area contributed by atoms with Crippen LogP contribution in [0.3, 0.4) is 0 Å². The van der Waals surface area contributed by atoms with Crippen LogP contribution in [0.25, 0.3) is 0 Å². The quantitative estimate of drug-likeness (QED) is 0.579. The first-order valence-electron chi connectivity index (χ1n) is 8.14. The summed E-state index contributed by atoms with van der Waals surface area (Å²) in [6, 6.07) is 0. The Balaban J connectivity index is 1.58. The van der Waals surface area contributed by atoms with Gasteiger partial charge in [-0.1, -0.05) is 38.5 Å². The van der Waals surface area contributed by atoms with Crippen molar-refractivity contribution in [1.29, 1.82) is 0 Å². The average molecular weight is 282 g/mol. The number of hydrogen-bond donors (Lipinski definition) is 0. The minimum absolute atomic E-state index is 0.386. The van der Waals surface area contributed by atoms with Crippen molar-refractivity contribution in [2.45, 2.75) is 77.0 Å². The van der Waals surface area contributed by atoms with Crippen molar-refractivity contribution in [3.05, 3.63) is 0 Å². The van der Waals surface area contributed by atoms with Crippen LogP contribution in [0.2, 0.25) is 0 Å². The molecule has 0 heterocycles. The fourth-order valence-electron chi connectivity index (χ4n) is 3.41. The third kappa shape index (κ3) is 5.51. The fourth-order valence-corrected chi connectivity index (χ4v) is 3.41. The van der Waals surface area contributed by atoms with Crippen LogP contribution >= 0.6 is 0 Å². The Labute approximate surface area is 121 Å². The van der Waals surface area contributed by atoms with Crippen molar-refractivity contribution >= 4 is 11.9 Å². The molecule has 0 radical (unpaired) electrons. The molecule has 0 aromatic rings. The summed E-state index contributed by atoms with van der Waals surface area (Å²) in [4.78, 5) is 32.5. The molecule has 0 aromatic carbocycles. The van der Waals surface area contributed by atoms with Crippen molar-refractivity contribution < 1.29 is 19.4 Å². The standard InChI is InChI=1S/C16H26O4/c17-15(11-13-7-3-1-4-8-13)19-20-16(18)12-14-9-5-2-6-10-14/h13-14H,1-12H2. The fraction of sp³-hybridized carbons (Fsp3) is 0.875. The molecular weight excluding hydrogens is 256 g/mol. The Morgan fingerprint density at radius 2 is 1.00 bits per heavy atom. The summed E-state index contributed by atoms with van der Waals surface area (Å²) in [5, 5.41) is 0. The highest BCUT2D eigenvalue weighted by Crippen LogP contribution is 2.27. The molecule has 0 aromatic heterocycles. The molecule has 2 rings (SSSR count). The Morgan fingerprint density at radius 3 is 1.35 bits per heavy atom. The molecule has 0 bridgehead atoms. The molecule has 0 spiro atoms. The van der Waals surface area contributed by atoms with E-state index in [2.05, 4.69) is 9.78 Å². The van der Waals surface area contributed by atoms with E-state index in [1.165, 1.54) is 38.5 Å². The van der Waals surface area contributed by atoms with Gasteiger partial charge in [-0.05, 0) is 37.5 Å². The summed E-state index contributed by atoms with van der Waals surface area (Å²) in [6.07, 6.45) is 12.4. The highest BCUT2D eigenvalue weighted by molar-refractivity contribution is 5.73. The summed E-state index contributed by atoms with van der Waals surface area (Å²) in [6.45, 7) is 0. The lowest BCUT2D eigenvalue weighted by Crippen LogP contribution is -2.18. The first-order chi connectivity index (χ1) is 9.74. The van der Waals surface area contributed by atoms with E-state index in [-0.39, 0.29) is 0 Å². The van der Waals surface area contributed by atoms with Gasteiger partial charge in [0.05, 0.1) is 12.8 Å². The minimum atomic E-state index is -0.395. The van der Waals surface area contributed by atoms with Gasteiger partial charge in [0.2, 0.25) is 0 Å². The predicted octanol–water partition coefficient (Wildman–Crippen LogP) is 3.93. The Morgan fingerprint density at radius 1 is 0.650 bits per heavy atom. The summed E-state index contributed by atoms with van der Waals surface area (Å²) in [7, 11) is 0. The normalized spacial score (nSPS) is 21.4. The monoisotopic (exact) mass is 282 g/mol. The van der Waals surface area contributed by atoms with Gasteiger partial charge in [0, 0.05) is 0 Å². The van der Waals surface area contributed by atoms with E-state index in [0.29, 0.717) is 24.7 Å². The lowest BCUT2D eigenvalue weighted by Gasteiger charge is -2.20. The second-order valence-electron chi connectivity index (χ2n) is 6.33. The second-order valence-corrected chi connectivity index (χ2v) is 6.33. The Hall–Kier alpha value is -1.06. The van der Waals surface area contributed by atoms with Gasteiger partial charge >= 0.3 is 11.9 Å². The Bertz CT molecular complexity index is 282. The molecule has 0 aliphatic heterocycles. The smallest absolute Gasteiger partial charge is 0.247 e. The molecule has 20 heavy (non-hydrogen) atoms. The topological polar surface area (TPSA) is 52.6 Å². The maximum atomic E-state index is 11.6. The van der Waals surface area contributed by atoms with Crippen LogP contribution in [-0.2, 0) is 19.4 Å². The number of carbonyl (C=O) groups excluding carboxylic acids is 2. The summed E-state index contributed by atoms with van der Waals surface area (Å²) in [5.74, 6) is 0.0318. The molecule has 0 atom stereocenters. The van der Waals surface area contributed by atoms with E-state index in [1.807, 2.05) is 0 Å². The van der Waals surface area contributed by atoms with Crippen LogP contribution in [0.15, 0.2) is 0 Å². The lowest BCUT2D eigenvalue weighted by molar-refractivity contribution is -0.260. The number of carbonyl (C=O) groups is 2. The molecule has 0 saturated heterocycles. The summed E-state index contributed by atoms with van der Waals surface area (Å²) < 4.78 is 0. The van der Waals surface area contributed by atoms with Crippen LogP contribution in [0.5, 0.6) is 0 Å². The number of rotatable bonds is 4. The average Bonchev–Trinajstić information content (AvgIpc) is 2.47. The van der Waals surface area contributed by atoms with Crippen molar-refractivity contribution in [3.8, 4) is 0 Å². The molecule has 4 heteroatoms. The molecule has 114 valence electrons. The molecule has 2 saturated carbocycles. The largest absolute Gasteiger partial charge is 0.355 e. The van der Waals surface area contributed by atoms with Crippen molar-refractivity contribution in [1.82, 2.24) is 0 Å². The van der Waals surface area contributed by atoms with Crippen molar-refractivity contribution in [2.24, 2.45) is 11.8 Å². The SMILES string of the molecule is O=C(CC1CCCCC1)OOC(=O)CC1CCCCC1. The van der Waals surface area contributed by atoms with Crippen molar-refractivity contribution in [2.75, 3.05) is 0 Å². The maximum Gasteiger partial charge on any atom is 0.355 e. The van der Waals surface area contributed by atoms with Gasteiger partial charge in [0.15, 0.2) is 0 Å². The van der Waals surface area contributed by atoms with Gasteiger partial charge in [-0.25, -0.2) is 19.4 Å². The van der Waals surface area contributed by atoms with E-state index >= 15 is 0 Å². The number of hydrogen-bond acceptors (Lipinski definition) is 4. The van der Waals surface area contributed by atoms with Gasteiger partial charge in [-0.15, -0.1) is 0 Å². The first kappa shape index (κ1) is 15.3. The molecule has 0 amide bonds. The van der Waals surface area contributed by atoms with Crippen LogP contribution in [0.1, 0.15) is 77.0 Å². The lowest BCUT2D eigenvalue weighted by atomic mass is 9.87. The summed E-state index contributed by atoms with van der Waals surface area (Å²) >= 11 is 0. The highest BCUT2D eigenvalue weighted by atomic mass is 17.2. The highest BCUT2D eigenvalue weighted by Gasteiger charge is 2.21. The zero-order valence-electron chi connectivity index (χ0n) is 12.3. The van der Waals surface area contributed by atoms with E-state index in [9.17, 15) is 9.59 Å². The van der Waals surface area contributed by atoms with Gasteiger partial charge in [-0.3, -0.25) is 0 Å². The molecule has 2 fully saturated rings. The van der Waals surface area contributed by atoms with E-state index in [4.69, 9.17) is 0 Å². The third-order valence-corrected chi connectivity index (χ3v) is 4.59. The zero-order chi connectivity index (χ0) is 14.2. The molecule has 4 nitrogen and oxygen atoms in total. The second kappa shape index (κ2) is 8.28. The van der Waals surface area contributed by atoms with Gasteiger partial charge in [0.1, 0.15) is 0 Å².